The number of esters is 1. The minimum Gasteiger partial charge on any atom is -0.465 e. The molecule has 0 saturated carbocycles. The highest BCUT2D eigenvalue weighted by molar-refractivity contribution is 6.08. The lowest BCUT2D eigenvalue weighted by atomic mass is 10.1. The average Bonchev–Trinajstić information content (AvgIpc) is 3.04. The molecule has 0 aliphatic carbocycles. The van der Waals surface area contributed by atoms with Gasteiger partial charge in [0, 0.05) is 29.6 Å². The predicted molar refractivity (Wildman–Crippen MR) is 111 cm³/mol. The van der Waals surface area contributed by atoms with E-state index < -0.39 is 0 Å². The third kappa shape index (κ3) is 3.71. The molecule has 4 rings (SSSR count). The van der Waals surface area contributed by atoms with Gasteiger partial charge in [-0.15, -0.1) is 0 Å². The van der Waals surface area contributed by atoms with Gasteiger partial charge in [-0.25, -0.2) is 0 Å². The second-order valence-corrected chi connectivity index (χ2v) is 6.85. The summed E-state index contributed by atoms with van der Waals surface area (Å²) in [5, 5.41) is 4.61. The Morgan fingerprint density at radius 3 is 2.66 bits per heavy atom. The van der Waals surface area contributed by atoms with Crippen LogP contribution in [-0.2, 0) is 22.5 Å². The smallest absolute Gasteiger partial charge is 0.327 e. The number of hydrogen-bond donors (Lipinski definition) is 1. The minimum atomic E-state index is -0.321. The summed E-state index contributed by atoms with van der Waals surface area (Å²) in [7, 11) is 0. The molecule has 2 N–H and O–H groups in total. The van der Waals surface area contributed by atoms with Crippen LogP contribution in [0.3, 0.4) is 0 Å². The Kier molecular flexibility index (Phi) is 5.03. The van der Waals surface area contributed by atoms with Crippen LogP contribution in [0.4, 0.5) is 11.4 Å². The molecular formula is C22H22N4O3. The number of carbonyl (C=O) groups is 2. The Morgan fingerprint density at radius 2 is 1.90 bits per heavy atom. The van der Waals surface area contributed by atoms with Crippen LogP contribution in [0.25, 0.3) is 11.3 Å². The molecule has 1 aliphatic heterocycles. The first-order valence-corrected chi connectivity index (χ1v) is 9.55. The SMILES string of the molecule is CCOC(=O)Cn1cc2c(n1)-c1ccccc1N(C(=O)c1ccc(N)cc1)CC2. The van der Waals surface area contributed by atoms with Crippen molar-refractivity contribution >= 4 is 23.3 Å². The van der Waals surface area contributed by atoms with Gasteiger partial charge in [0.25, 0.3) is 5.91 Å². The van der Waals surface area contributed by atoms with E-state index in [1.807, 2.05) is 30.5 Å². The Bertz CT molecular complexity index is 1060. The van der Waals surface area contributed by atoms with Crippen LogP contribution in [-0.4, -0.2) is 34.8 Å². The highest BCUT2D eigenvalue weighted by Crippen LogP contribution is 2.36. The molecule has 0 radical (unpaired) electrons. The number of amides is 1. The average molecular weight is 390 g/mol. The van der Waals surface area contributed by atoms with E-state index in [9.17, 15) is 9.59 Å². The number of nitrogens with zero attached hydrogens (tertiary/aromatic N) is 3. The minimum absolute atomic E-state index is 0.0666. The fraction of sp³-hybridized carbons (Fsp3) is 0.227. The van der Waals surface area contributed by atoms with Crippen LogP contribution in [0.5, 0.6) is 0 Å². The summed E-state index contributed by atoms with van der Waals surface area (Å²) < 4.78 is 6.62. The highest BCUT2D eigenvalue weighted by atomic mass is 16.5. The molecule has 0 saturated heterocycles. The largest absolute Gasteiger partial charge is 0.465 e. The predicted octanol–water partition coefficient (Wildman–Crippen LogP) is 2.90. The molecule has 0 bridgehead atoms. The maximum atomic E-state index is 13.2. The van der Waals surface area contributed by atoms with E-state index in [-0.39, 0.29) is 18.4 Å². The summed E-state index contributed by atoms with van der Waals surface area (Å²) >= 11 is 0. The molecule has 0 fully saturated rings. The number of ether oxygens (including phenoxy) is 1. The Labute approximate surface area is 168 Å². The molecule has 1 aromatic heterocycles. The maximum Gasteiger partial charge on any atom is 0.327 e. The fourth-order valence-electron chi connectivity index (χ4n) is 3.55. The van der Waals surface area contributed by atoms with Gasteiger partial charge >= 0.3 is 5.97 Å². The lowest BCUT2D eigenvalue weighted by Crippen LogP contribution is -2.32. The van der Waals surface area contributed by atoms with Crippen molar-refractivity contribution in [3.05, 3.63) is 65.9 Å². The Morgan fingerprint density at radius 1 is 1.14 bits per heavy atom. The van der Waals surface area contributed by atoms with E-state index in [2.05, 4.69) is 5.10 Å². The van der Waals surface area contributed by atoms with Crippen LogP contribution < -0.4 is 10.6 Å². The molecule has 0 unspecified atom stereocenters. The molecule has 7 nitrogen and oxygen atoms in total. The summed E-state index contributed by atoms with van der Waals surface area (Å²) in [4.78, 5) is 26.8. The van der Waals surface area contributed by atoms with Crippen molar-refractivity contribution in [2.45, 2.75) is 19.9 Å². The third-order valence-corrected chi connectivity index (χ3v) is 4.89. The van der Waals surface area contributed by atoms with Gasteiger partial charge in [-0.2, -0.15) is 5.10 Å². The topological polar surface area (TPSA) is 90.5 Å². The number of benzene rings is 2. The van der Waals surface area contributed by atoms with E-state index in [0.29, 0.717) is 30.8 Å². The van der Waals surface area contributed by atoms with Crippen molar-refractivity contribution in [2.75, 3.05) is 23.8 Å². The maximum absolute atomic E-state index is 13.2. The molecule has 29 heavy (non-hydrogen) atoms. The van der Waals surface area contributed by atoms with Gasteiger partial charge in [-0.05, 0) is 49.2 Å². The summed E-state index contributed by atoms with van der Waals surface area (Å²) in [6.07, 6.45) is 2.49. The number of carbonyl (C=O) groups excluding carboxylic acids is 2. The summed E-state index contributed by atoms with van der Waals surface area (Å²) in [5.41, 5.74) is 10.4. The summed E-state index contributed by atoms with van der Waals surface area (Å²) in [6, 6.07) is 14.6. The molecule has 3 aromatic rings. The van der Waals surface area contributed by atoms with Gasteiger partial charge in [0.15, 0.2) is 0 Å². The standard InChI is InChI=1S/C22H22N4O3/c1-2-29-20(27)14-25-13-16-11-12-26(22(28)15-7-9-17(23)10-8-15)19-6-4-3-5-18(19)21(16)24-25/h3-10,13H,2,11-12,14,23H2,1H3. The van der Waals surface area contributed by atoms with Gasteiger partial charge in [-0.1, -0.05) is 18.2 Å². The number of para-hydroxylation sites is 1. The first-order chi connectivity index (χ1) is 14.1. The number of nitrogen functional groups attached to an aromatic ring is 1. The van der Waals surface area contributed by atoms with Gasteiger partial charge in [0.05, 0.1) is 18.0 Å². The zero-order valence-corrected chi connectivity index (χ0v) is 16.2. The van der Waals surface area contributed by atoms with Crippen molar-refractivity contribution in [1.82, 2.24) is 9.78 Å². The molecular weight excluding hydrogens is 368 g/mol. The normalized spacial score (nSPS) is 12.7. The van der Waals surface area contributed by atoms with Crippen LogP contribution in [0.15, 0.2) is 54.7 Å². The number of nitrogens with two attached hydrogens (primary N) is 1. The summed E-state index contributed by atoms with van der Waals surface area (Å²) in [6.45, 7) is 2.69. The van der Waals surface area contributed by atoms with E-state index >= 15 is 0 Å². The van der Waals surface area contributed by atoms with Gasteiger partial charge in [-0.3, -0.25) is 14.3 Å². The third-order valence-electron chi connectivity index (χ3n) is 4.89. The quantitative estimate of drug-likeness (QED) is 0.546. The van der Waals surface area contributed by atoms with E-state index in [0.717, 1.165) is 22.5 Å². The number of fused-ring (bicyclic) bond motifs is 3. The first-order valence-electron chi connectivity index (χ1n) is 9.55. The number of hydrogen-bond acceptors (Lipinski definition) is 5. The van der Waals surface area contributed by atoms with Crippen molar-refractivity contribution in [3.63, 3.8) is 0 Å². The van der Waals surface area contributed by atoms with Crippen molar-refractivity contribution < 1.29 is 14.3 Å². The second kappa shape index (κ2) is 7.79. The van der Waals surface area contributed by atoms with Crippen LogP contribution in [0, 0.1) is 0 Å². The first kappa shape index (κ1) is 18.7. The molecule has 1 amide bonds. The highest BCUT2D eigenvalue weighted by Gasteiger charge is 2.27. The molecule has 2 heterocycles. The van der Waals surface area contributed by atoms with Crippen LogP contribution in [0.2, 0.25) is 0 Å². The zero-order valence-electron chi connectivity index (χ0n) is 16.2. The lowest BCUT2D eigenvalue weighted by Gasteiger charge is -2.23. The zero-order chi connectivity index (χ0) is 20.4. The monoisotopic (exact) mass is 390 g/mol. The van der Waals surface area contributed by atoms with Gasteiger partial charge in [0.2, 0.25) is 0 Å². The molecule has 7 heteroatoms. The fourth-order valence-corrected chi connectivity index (χ4v) is 3.55. The molecule has 1 aliphatic rings. The number of aromatic nitrogens is 2. The summed E-state index contributed by atoms with van der Waals surface area (Å²) in [5.74, 6) is -0.402. The van der Waals surface area contributed by atoms with Crippen LogP contribution in [0.1, 0.15) is 22.8 Å². The van der Waals surface area contributed by atoms with Crippen LogP contribution >= 0.6 is 0 Å². The van der Waals surface area contributed by atoms with Gasteiger partial charge < -0.3 is 15.4 Å². The number of anilines is 2. The molecule has 2 aromatic carbocycles. The van der Waals surface area contributed by atoms with Crippen molar-refractivity contribution in [3.8, 4) is 11.3 Å². The van der Waals surface area contributed by atoms with E-state index in [1.54, 1.807) is 40.8 Å². The van der Waals surface area contributed by atoms with E-state index in [1.165, 1.54) is 0 Å². The molecule has 0 atom stereocenters. The molecule has 148 valence electrons. The van der Waals surface area contributed by atoms with Gasteiger partial charge in [0.1, 0.15) is 6.54 Å². The lowest BCUT2D eigenvalue weighted by molar-refractivity contribution is -0.144. The van der Waals surface area contributed by atoms with E-state index in [4.69, 9.17) is 10.5 Å². The number of rotatable bonds is 4. The second-order valence-electron chi connectivity index (χ2n) is 6.85. The van der Waals surface area contributed by atoms with Crippen molar-refractivity contribution in [2.24, 2.45) is 0 Å². The Balaban J connectivity index is 1.69. The van der Waals surface area contributed by atoms with Crippen molar-refractivity contribution in [1.29, 1.82) is 0 Å². The Hall–Kier alpha value is -3.61. The molecule has 0 spiro atoms.